The van der Waals surface area contributed by atoms with E-state index in [4.69, 9.17) is 9.47 Å². The molecule has 0 bridgehead atoms. The number of non-ortho nitro benzene ring substituents is 1. The third-order valence-electron chi connectivity index (χ3n) is 4.24. The van der Waals surface area contributed by atoms with Gasteiger partial charge in [0.1, 0.15) is 5.92 Å². The minimum absolute atomic E-state index is 0.0806. The molecular formula is C18H20N2O6. The van der Waals surface area contributed by atoms with Crippen LogP contribution in [0, 0.1) is 16.0 Å². The van der Waals surface area contributed by atoms with E-state index < -0.39 is 28.7 Å². The summed E-state index contributed by atoms with van der Waals surface area (Å²) in [5.41, 5.74) is 1.70. The molecule has 26 heavy (non-hydrogen) atoms. The van der Waals surface area contributed by atoms with Gasteiger partial charge in [-0.05, 0) is 26.3 Å². The largest absolute Gasteiger partial charge is 0.468 e. The van der Waals surface area contributed by atoms with Crippen molar-refractivity contribution in [1.29, 1.82) is 0 Å². The number of methoxy groups -OCH3 is 1. The Bertz CT molecular complexity index is 794. The van der Waals surface area contributed by atoms with Crippen LogP contribution >= 0.6 is 0 Å². The Morgan fingerprint density at radius 2 is 1.85 bits per heavy atom. The monoisotopic (exact) mass is 360 g/mol. The van der Waals surface area contributed by atoms with E-state index in [1.165, 1.54) is 31.4 Å². The molecule has 1 aliphatic heterocycles. The zero-order chi connectivity index (χ0) is 19.4. The van der Waals surface area contributed by atoms with Gasteiger partial charge in [-0.2, -0.15) is 0 Å². The third kappa shape index (κ3) is 3.63. The number of ether oxygens (including phenoxy) is 2. The van der Waals surface area contributed by atoms with Crippen molar-refractivity contribution in [3.05, 3.63) is 51.2 Å². The van der Waals surface area contributed by atoms with Gasteiger partial charge in [-0.15, -0.1) is 0 Å². The quantitative estimate of drug-likeness (QED) is 0.454. The molecule has 138 valence electrons. The number of carbonyl (C=O) groups excluding carboxylic acids is 2. The number of hydrogen-bond acceptors (Lipinski definition) is 7. The van der Waals surface area contributed by atoms with Crippen LogP contribution in [-0.4, -0.2) is 36.3 Å². The zero-order valence-corrected chi connectivity index (χ0v) is 15.0. The molecule has 1 unspecified atom stereocenters. The van der Waals surface area contributed by atoms with E-state index in [-0.39, 0.29) is 17.9 Å². The number of hydrogen-bond donors (Lipinski definition) is 0. The number of allylic oxidation sites excluding steroid dienone is 1. The van der Waals surface area contributed by atoms with Gasteiger partial charge in [-0.25, -0.2) is 4.79 Å². The van der Waals surface area contributed by atoms with Gasteiger partial charge in [0.2, 0.25) is 0 Å². The zero-order valence-electron chi connectivity index (χ0n) is 15.0. The fourth-order valence-electron chi connectivity index (χ4n) is 3.11. The molecule has 0 radical (unpaired) electrons. The van der Waals surface area contributed by atoms with Gasteiger partial charge in [-0.3, -0.25) is 19.9 Å². The van der Waals surface area contributed by atoms with Crippen LogP contribution in [0.4, 0.5) is 5.69 Å². The Labute approximate surface area is 150 Å². The lowest BCUT2D eigenvalue weighted by atomic mass is 9.75. The third-order valence-corrected chi connectivity index (χ3v) is 4.24. The lowest BCUT2D eigenvalue weighted by Crippen LogP contribution is -2.36. The second-order valence-electron chi connectivity index (χ2n) is 5.80. The summed E-state index contributed by atoms with van der Waals surface area (Å²) < 4.78 is 10.0. The van der Waals surface area contributed by atoms with Gasteiger partial charge >= 0.3 is 11.9 Å². The fourth-order valence-corrected chi connectivity index (χ4v) is 3.11. The van der Waals surface area contributed by atoms with Crippen molar-refractivity contribution in [2.24, 2.45) is 10.9 Å². The average Bonchev–Trinajstić information content (AvgIpc) is 2.60. The van der Waals surface area contributed by atoms with Crippen molar-refractivity contribution >= 4 is 23.3 Å². The molecule has 8 heteroatoms. The summed E-state index contributed by atoms with van der Waals surface area (Å²) in [5.74, 6) is -2.62. The molecule has 1 aromatic rings. The summed E-state index contributed by atoms with van der Waals surface area (Å²) in [6.45, 7) is 5.21. The molecule has 0 saturated heterocycles. The highest BCUT2D eigenvalue weighted by atomic mass is 16.6. The standard InChI is InChI=1S/C18H20N2O6/c1-5-26-18(22)15-11(3)19-10(2)14(17(21)25-4)16(15)12-6-8-13(9-7-12)20(23)24/h6-9,14,16H,5H2,1-4H3/t14?,16-/m1/s1. The van der Waals surface area contributed by atoms with Gasteiger partial charge in [-0.1, -0.05) is 12.1 Å². The molecule has 1 aliphatic rings. The van der Waals surface area contributed by atoms with Crippen LogP contribution < -0.4 is 0 Å². The van der Waals surface area contributed by atoms with Gasteiger partial charge in [0.05, 0.1) is 24.2 Å². The molecule has 2 atom stereocenters. The maximum absolute atomic E-state index is 12.5. The van der Waals surface area contributed by atoms with Crippen molar-refractivity contribution in [3.63, 3.8) is 0 Å². The van der Waals surface area contributed by atoms with E-state index in [1.54, 1.807) is 20.8 Å². The topological polar surface area (TPSA) is 108 Å². The maximum Gasteiger partial charge on any atom is 0.336 e. The highest BCUT2D eigenvalue weighted by Gasteiger charge is 2.42. The van der Waals surface area contributed by atoms with Crippen LogP contribution in [-0.2, 0) is 19.1 Å². The normalized spacial score (nSPS) is 19.6. The Morgan fingerprint density at radius 1 is 1.23 bits per heavy atom. The molecular weight excluding hydrogens is 340 g/mol. The van der Waals surface area contributed by atoms with E-state index in [9.17, 15) is 19.7 Å². The predicted molar refractivity (Wildman–Crippen MR) is 93.8 cm³/mol. The van der Waals surface area contributed by atoms with Gasteiger partial charge in [0.15, 0.2) is 0 Å². The van der Waals surface area contributed by atoms with Crippen LogP contribution in [0.2, 0.25) is 0 Å². The van der Waals surface area contributed by atoms with Crippen LogP contribution in [0.25, 0.3) is 0 Å². The summed E-state index contributed by atoms with van der Waals surface area (Å²) in [6, 6.07) is 5.74. The van der Waals surface area contributed by atoms with Crippen molar-refractivity contribution in [3.8, 4) is 0 Å². The smallest absolute Gasteiger partial charge is 0.336 e. The van der Waals surface area contributed by atoms with E-state index in [0.717, 1.165) is 0 Å². The number of benzene rings is 1. The predicted octanol–water partition coefficient (Wildman–Crippen LogP) is 2.78. The highest BCUT2D eigenvalue weighted by molar-refractivity contribution is 6.06. The van der Waals surface area contributed by atoms with E-state index in [2.05, 4.69) is 4.99 Å². The van der Waals surface area contributed by atoms with E-state index in [1.807, 2.05) is 0 Å². The molecule has 0 N–H and O–H groups in total. The van der Waals surface area contributed by atoms with Crippen LogP contribution in [0.15, 0.2) is 40.5 Å². The number of nitrogens with zero attached hydrogens (tertiary/aromatic N) is 2. The second kappa shape index (κ2) is 7.90. The van der Waals surface area contributed by atoms with Crippen molar-refractivity contribution in [2.75, 3.05) is 13.7 Å². The Hall–Kier alpha value is -3.03. The average molecular weight is 360 g/mol. The molecule has 0 amide bonds. The van der Waals surface area contributed by atoms with Crippen LogP contribution in [0.1, 0.15) is 32.3 Å². The van der Waals surface area contributed by atoms with Gasteiger partial charge < -0.3 is 9.47 Å². The highest BCUT2D eigenvalue weighted by Crippen LogP contribution is 2.40. The number of nitro benzene ring substituents is 1. The van der Waals surface area contributed by atoms with Crippen LogP contribution in [0.5, 0.6) is 0 Å². The lowest BCUT2D eigenvalue weighted by molar-refractivity contribution is -0.384. The Balaban J connectivity index is 2.62. The molecule has 0 aliphatic carbocycles. The molecule has 8 nitrogen and oxygen atoms in total. The Morgan fingerprint density at radius 3 is 2.35 bits per heavy atom. The number of rotatable bonds is 5. The molecule has 1 heterocycles. The Kier molecular flexibility index (Phi) is 5.86. The first-order chi connectivity index (χ1) is 12.3. The maximum atomic E-state index is 12.5. The SMILES string of the molecule is CCOC(=O)C1=C(C)N=C(C)C(C(=O)OC)[C@H]1c1ccc([N+](=O)[O-])cc1. The molecule has 0 fully saturated rings. The lowest BCUT2D eigenvalue weighted by Gasteiger charge is -2.31. The summed E-state index contributed by atoms with van der Waals surface area (Å²) in [5, 5.41) is 10.9. The summed E-state index contributed by atoms with van der Waals surface area (Å²) in [6.07, 6.45) is 0. The van der Waals surface area contributed by atoms with Gasteiger partial charge in [0, 0.05) is 29.5 Å². The van der Waals surface area contributed by atoms with Crippen molar-refractivity contribution < 1.29 is 24.0 Å². The van der Waals surface area contributed by atoms with Crippen molar-refractivity contribution in [2.45, 2.75) is 26.7 Å². The van der Waals surface area contributed by atoms with Crippen molar-refractivity contribution in [1.82, 2.24) is 0 Å². The molecule has 0 aromatic heterocycles. The summed E-state index contributed by atoms with van der Waals surface area (Å²) in [7, 11) is 1.26. The number of aliphatic imine (C=N–C) groups is 1. The first-order valence-electron chi connectivity index (χ1n) is 8.07. The minimum Gasteiger partial charge on any atom is -0.468 e. The van der Waals surface area contributed by atoms with E-state index in [0.29, 0.717) is 17.0 Å². The first-order valence-corrected chi connectivity index (χ1v) is 8.07. The number of carbonyl (C=O) groups is 2. The van der Waals surface area contributed by atoms with Crippen LogP contribution in [0.3, 0.4) is 0 Å². The molecule has 0 saturated carbocycles. The van der Waals surface area contributed by atoms with Gasteiger partial charge in [0.25, 0.3) is 5.69 Å². The number of nitro groups is 1. The summed E-state index contributed by atoms with van der Waals surface area (Å²) >= 11 is 0. The molecule has 1 aromatic carbocycles. The second-order valence-corrected chi connectivity index (χ2v) is 5.80. The first kappa shape index (κ1) is 19.3. The fraction of sp³-hybridized carbons (Fsp3) is 0.389. The van der Waals surface area contributed by atoms with E-state index >= 15 is 0 Å². The molecule has 2 rings (SSSR count). The minimum atomic E-state index is -0.815. The summed E-state index contributed by atoms with van der Waals surface area (Å²) in [4.78, 5) is 39.6. The number of esters is 2. The molecule has 0 spiro atoms.